The van der Waals surface area contributed by atoms with E-state index >= 15 is 0 Å². The zero-order valence-corrected chi connectivity index (χ0v) is 13.9. The monoisotopic (exact) mass is 391 g/mol. The highest BCUT2D eigenvalue weighted by Crippen LogP contribution is 2.38. The summed E-state index contributed by atoms with van der Waals surface area (Å²) in [7, 11) is 0. The summed E-state index contributed by atoms with van der Waals surface area (Å²) in [5, 5.41) is 2.91. The van der Waals surface area contributed by atoms with E-state index in [1.807, 2.05) is 49.4 Å². The normalized spacial score (nSPS) is 15.3. The van der Waals surface area contributed by atoms with Crippen molar-refractivity contribution in [1.29, 1.82) is 0 Å². The van der Waals surface area contributed by atoms with Crippen LogP contribution < -0.4 is 5.32 Å². The quantitative estimate of drug-likeness (QED) is 0.678. The van der Waals surface area contributed by atoms with Gasteiger partial charge in [-0.1, -0.05) is 44.0 Å². The van der Waals surface area contributed by atoms with E-state index in [0.29, 0.717) is 5.57 Å². The van der Waals surface area contributed by atoms with E-state index < -0.39 is 0 Å². The van der Waals surface area contributed by atoms with Crippen LogP contribution in [0.1, 0.15) is 16.7 Å². The van der Waals surface area contributed by atoms with E-state index in [1.165, 1.54) is 0 Å². The molecule has 100 valence electrons. The van der Waals surface area contributed by atoms with E-state index in [0.717, 1.165) is 31.3 Å². The number of rotatable bonds is 1. The lowest BCUT2D eigenvalue weighted by molar-refractivity contribution is -0.110. The summed E-state index contributed by atoms with van der Waals surface area (Å²) in [5.41, 5.74) is 4.62. The van der Waals surface area contributed by atoms with Crippen LogP contribution in [0, 0.1) is 6.92 Å². The second-order valence-corrected chi connectivity index (χ2v) is 6.43. The summed E-state index contributed by atoms with van der Waals surface area (Å²) in [6.45, 7) is 2.01. The molecule has 2 aromatic carbocycles. The van der Waals surface area contributed by atoms with Gasteiger partial charge in [0, 0.05) is 25.8 Å². The van der Waals surface area contributed by atoms with Gasteiger partial charge in [0.05, 0.1) is 0 Å². The van der Waals surface area contributed by atoms with Gasteiger partial charge in [0.25, 0.3) is 5.91 Å². The van der Waals surface area contributed by atoms with Crippen LogP contribution in [0.2, 0.25) is 0 Å². The topological polar surface area (TPSA) is 29.1 Å². The summed E-state index contributed by atoms with van der Waals surface area (Å²) in [5.74, 6) is -0.0545. The molecule has 0 radical (unpaired) electrons. The van der Waals surface area contributed by atoms with Gasteiger partial charge in [-0.15, -0.1) is 0 Å². The van der Waals surface area contributed by atoms with Gasteiger partial charge >= 0.3 is 0 Å². The number of fused-ring (bicyclic) bond motifs is 1. The van der Waals surface area contributed by atoms with Gasteiger partial charge in [0.2, 0.25) is 0 Å². The molecule has 1 aliphatic heterocycles. The summed E-state index contributed by atoms with van der Waals surface area (Å²) >= 11 is 6.97. The van der Waals surface area contributed by atoms with Crippen LogP contribution in [0.15, 0.2) is 45.3 Å². The molecule has 0 atom stereocenters. The Kier molecular flexibility index (Phi) is 3.52. The average molecular weight is 393 g/mol. The fourth-order valence-electron chi connectivity index (χ4n) is 2.34. The van der Waals surface area contributed by atoms with Gasteiger partial charge in [-0.3, -0.25) is 4.79 Å². The number of carbonyl (C=O) groups excluding carboxylic acids is 1. The van der Waals surface area contributed by atoms with Gasteiger partial charge in [-0.25, -0.2) is 0 Å². The number of anilines is 1. The molecule has 1 aliphatic rings. The first-order valence-electron chi connectivity index (χ1n) is 6.14. The Morgan fingerprint density at radius 2 is 1.95 bits per heavy atom. The van der Waals surface area contributed by atoms with Crippen molar-refractivity contribution in [3.05, 3.63) is 62.0 Å². The molecule has 1 amide bonds. The van der Waals surface area contributed by atoms with Crippen molar-refractivity contribution < 1.29 is 4.79 Å². The standard InChI is InChI=1S/C16H11Br2NO/c1-9-13(18)5-6-14-15(9)12(16(20)19-14)8-10-3-2-4-11(17)7-10/h2-8H,1H3,(H,19,20). The summed E-state index contributed by atoms with van der Waals surface area (Å²) in [6, 6.07) is 11.8. The molecule has 0 unspecified atom stereocenters. The molecule has 0 saturated heterocycles. The first-order valence-corrected chi connectivity index (χ1v) is 7.73. The van der Waals surface area contributed by atoms with E-state index in [1.54, 1.807) is 0 Å². The zero-order valence-electron chi connectivity index (χ0n) is 10.7. The smallest absolute Gasteiger partial charge is 0.256 e. The minimum Gasteiger partial charge on any atom is -0.321 e. The number of benzene rings is 2. The van der Waals surface area contributed by atoms with Crippen molar-refractivity contribution in [3.8, 4) is 0 Å². The maximum Gasteiger partial charge on any atom is 0.256 e. The van der Waals surface area contributed by atoms with Crippen LogP contribution in [0.3, 0.4) is 0 Å². The molecule has 0 saturated carbocycles. The first-order chi connectivity index (χ1) is 9.56. The Hall–Kier alpha value is -1.39. The third-order valence-electron chi connectivity index (χ3n) is 3.32. The van der Waals surface area contributed by atoms with Crippen molar-refractivity contribution >= 4 is 55.1 Å². The summed E-state index contributed by atoms with van der Waals surface area (Å²) in [6.07, 6.45) is 1.92. The number of nitrogens with one attached hydrogen (secondary N) is 1. The van der Waals surface area contributed by atoms with Gasteiger partial charge in [-0.2, -0.15) is 0 Å². The Bertz CT molecular complexity index is 750. The second kappa shape index (κ2) is 5.19. The lowest BCUT2D eigenvalue weighted by Gasteiger charge is -2.06. The molecule has 0 spiro atoms. The Morgan fingerprint density at radius 1 is 1.15 bits per heavy atom. The molecule has 2 aromatic rings. The van der Waals surface area contributed by atoms with Crippen LogP contribution in [-0.2, 0) is 4.79 Å². The Morgan fingerprint density at radius 3 is 2.70 bits per heavy atom. The van der Waals surface area contributed by atoms with E-state index in [-0.39, 0.29) is 5.91 Å². The molecular formula is C16H11Br2NO. The Balaban J connectivity index is 2.17. The molecular weight excluding hydrogens is 382 g/mol. The molecule has 0 aromatic heterocycles. The van der Waals surface area contributed by atoms with Crippen LogP contribution in [-0.4, -0.2) is 5.91 Å². The number of hydrogen-bond donors (Lipinski definition) is 1. The van der Waals surface area contributed by atoms with E-state index in [9.17, 15) is 4.79 Å². The zero-order chi connectivity index (χ0) is 14.3. The highest BCUT2D eigenvalue weighted by atomic mass is 79.9. The molecule has 1 heterocycles. The van der Waals surface area contributed by atoms with Gasteiger partial charge in [0.1, 0.15) is 0 Å². The number of amides is 1. The van der Waals surface area contributed by atoms with E-state index in [2.05, 4.69) is 37.2 Å². The molecule has 4 heteroatoms. The molecule has 20 heavy (non-hydrogen) atoms. The van der Waals surface area contributed by atoms with Gasteiger partial charge < -0.3 is 5.32 Å². The van der Waals surface area contributed by atoms with Crippen LogP contribution >= 0.6 is 31.9 Å². The largest absolute Gasteiger partial charge is 0.321 e. The van der Waals surface area contributed by atoms with Gasteiger partial charge in [0.15, 0.2) is 0 Å². The predicted octanol–water partition coefficient (Wildman–Crippen LogP) is 5.01. The van der Waals surface area contributed by atoms with Crippen molar-refractivity contribution in [1.82, 2.24) is 0 Å². The maximum absolute atomic E-state index is 12.2. The third kappa shape index (κ3) is 2.34. The number of halogens is 2. The van der Waals surface area contributed by atoms with Crippen molar-refractivity contribution in [2.45, 2.75) is 6.92 Å². The number of carbonyl (C=O) groups is 1. The highest BCUT2D eigenvalue weighted by molar-refractivity contribution is 9.10. The van der Waals surface area contributed by atoms with Crippen molar-refractivity contribution in [3.63, 3.8) is 0 Å². The first kappa shape index (κ1) is 13.6. The lowest BCUT2D eigenvalue weighted by Crippen LogP contribution is -2.03. The fraction of sp³-hybridized carbons (Fsp3) is 0.0625. The van der Waals surface area contributed by atoms with Gasteiger partial charge in [-0.05, 0) is 48.4 Å². The average Bonchev–Trinajstić information content (AvgIpc) is 2.72. The Labute approximate surface area is 134 Å². The molecule has 0 bridgehead atoms. The SMILES string of the molecule is Cc1c(Br)ccc2c1C(=Cc1cccc(Br)c1)C(=O)N2. The van der Waals surface area contributed by atoms with E-state index in [4.69, 9.17) is 0 Å². The van der Waals surface area contributed by atoms with Crippen molar-refractivity contribution in [2.75, 3.05) is 5.32 Å². The van der Waals surface area contributed by atoms with Crippen LogP contribution in [0.4, 0.5) is 5.69 Å². The van der Waals surface area contributed by atoms with Crippen molar-refractivity contribution in [2.24, 2.45) is 0 Å². The predicted molar refractivity (Wildman–Crippen MR) is 89.5 cm³/mol. The van der Waals surface area contributed by atoms with Crippen LogP contribution in [0.5, 0.6) is 0 Å². The molecule has 3 rings (SSSR count). The fourth-order valence-corrected chi connectivity index (χ4v) is 3.09. The second-order valence-electron chi connectivity index (χ2n) is 4.66. The lowest BCUT2D eigenvalue weighted by atomic mass is 9.99. The minimum atomic E-state index is -0.0545. The third-order valence-corrected chi connectivity index (χ3v) is 4.67. The molecule has 0 aliphatic carbocycles. The van der Waals surface area contributed by atoms with Crippen LogP contribution in [0.25, 0.3) is 11.6 Å². The molecule has 0 fully saturated rings. The highest BCUT2D eigenvalue weighted by Gasteiger charge is 2.26. The molecule has 2 nitrogen and oxygen atoms in total. The minimum absolute atomic E-state index is 0.0545. The molecule has 1 N–H and O–H groups in total. The summed E-state index contributed by atoms with van der Waals surface area (Å²) < 4.78 is 2.00. The maximum atomic E-state index is 12.2. The summed E-state index contributed by atoms with van der Waals surface area (Å²) in [4.78, 5) is 12.2. The number of hydrogen-bond acceptors (Lipinski definition) is 1.